The lowest BCUT2D eigenvalue weighted by Crippen LogP contribution is -2.40. The predicted molar refractivity (Wildman–Crippen MR) is 71.0 cm³/mol. The SMILES string of the molecule is CC(C)COCCOCC1(O)CCC(C(=O)O)CC1. The third-order valence-corrected chi connectivity index (χ3v) is 3.46. The van der Waals surface area contributed by atoms with E-state index in [4.69, 9.17) is 14.6 Å². The molecule has 2 N–H and O–H groups in total. The molecule has 1 aliphatic rings. The maximum Gasteiger partial charge on any atom is 0.306 e. The first-order chi connectivity index (χ1) is 8.93. The average Bonchev–Trinajstić information content (AvgIpc) is 2.34. The zero-order valence-electron chi connectivity index (χ0n) is 11.9. The van der Waals surface area contributed by atoms with Crippen LogP contribution >= 0.6 is 0 Å². The number of hydrogen-bond acceptors (Lipinski definition) is 4. The maximum absolute atomic E-state index is 10.8. The summed E-state index contributed by atoms with van der Waals surface area (Å²) in [6.07, 6.45) is 2.05. The van der Waals surface area contributed by atoms with Crippen molar-refractivity contribution in [3.63, 3.8) is 0 Å². The Kier molecular flexibility index (Phi) is 6.75. The molecule has 0 unspecified atom stereocenters. The van der Waals surface area contributed by atoms with Crippen LogP contribution in [0.25, 0.3) is 0 Å². The van der Waals surface area contributed by atoms with Crippen molar-refractivity contribution >= 4 is 5.97 Å². The van der Waals surface area contributed by atoms with E-state index in [2.05, 4.69) is 13.8 Å². The van der Waals surface area contributed by atoms with Crippen molar-refractivity contribution in [3.8, 4) is 0 Å². The molecule has 0 bridgehead atoms. The highest BCUT2D eigenvalue weighted by atomic mass is 16.5. The second-order valence-electron chi connectivity index (χ2n) is 5.86. The molecular weight excluding hydrogens is 248 g/mol. The number of rotatable bonds is 8. The molecular formula is C14H26O5. The molecule has 1 rings (SSSR count). The van der Waals surface area contributed by atoms with Gasteiger partial charge >= 0.3 is 5.97 Å². The lowest BCUT2D eigenvalue weighted by Gasteiger charge is -2.34. The quantitative estimate of drug-likeness (QED) is 0.659. The minimum absolute atomic E-state index is 0.268. The summed E-state index contributed by atoms with van der Waals surface area (Å²) in [5.41, 5.74) is -0.857. The van der Waals surface area contributed by atoms with Crippen LogP contribution in [0.15, 0.2) is 0 Å². The van der Waals surface area contributed by atoms with Gasteiger partial charge in [0.1, 0.15) is 0 Å². The van der Waals surface area contributed by atoms with Gasteiger partial charge in [-0.25, -0.2) is 0 Å². The molecule has 0 radical (unpaired) electrons. The highest BCUT2D eigenvalue weighted by Gasteiger charge is 2.35. The van der Waals surface area contributed by atoms with E-state index in [1.807, 2.05) is 0 Å². The summed E-state index contributed by atoms with van der Waals surface area (Å²) < 4.78 is 10.8. The van der Waals surface area contributed by atoms with Gasteiger partial charge in [-0.1, -0.05) is 13.8 Å². The molecule has 112 valence electrons. The number of aliphatic carboxylic acids is 1. The van der Waals surface area contributed by atoms with Crippen LogP contribution in [0.2, 0.25) is 0 Å². The van der Waals surface area contributed by atoms with Gasteiger partial charge in [-0.15, -0.1) is 0 Å². The van der Waals surface area contributed by atoms with E-state index in [1.54, 1.807) is 0 Å². The number of hydrogen-bond donors (Lipinski definition) is 2. The Morgan fingerprint density at radius 1 is 1.26 bits per heavy atom. The Morgan fingerprint density at radius 3 is 2.37 bits per heavy atom. The van der Waals surface area contributed by atoms with Crippen LogP contribution < -0.4 is 0 Å². The summed E-state index contributed by atoms with van der Waals surface area (Å²) in [5, 5.41) is 19.2. The van der Waals surface area contributed by atoms with Crippen LogP contribution in [0, 0.1) is 11.8 Å². The minimum atomic E-state index is -0.857. The number of aliphatic hydroxyl groups is 1. The van der Waals surface area contributed by atoms with Crippen molar-refractivity contribution in [1.82, 2.24) is 0 Å². The fourth-order valence-corrected chi connectivity index (χ4v) is 2.25. The van der Waals surface area contributed by atoms with Crippen LogP contribution in [0.5, 0.6) is 0 Å². The summed E-state index contributed by atoms with van der Waals surface area (Å²) >= 11 is 0. The molecule has 19 heavy (non-hydrogen) atoms. The summed E-state index contributed by atoms with van der Waals surface area (Å²) in [6.45, 7) is 6.16. The van der Waals surface area contributed by atoms with Crippen LogP contribution in [0.1, 0.15) is 39.5 Å². The second-order valence-corrected chi connectivity index (χ2v) is 5.86. The van der Waals surface area contributed by atoms with E-state index in [0.29, 0.717) is 51.4 Å². The number of carbonyl (C=O) groups is 1. The molecule has 0 spiro atoms. The lowest BCUT2D eigenvalue weighted by atomic mass is 9.79. The van der Waals surface area contributed by atoms with E-state index < -0.39 is 11.6 Å². The molecule has 1 saturated carbocycles. The second kappa shape index (κ2) is 7.82. The Bertz CT molecular complexity index is 269. The molecule has 5 nitrogen and oxygen atoms in total. The number of ether oxygens (including phenoxy) is 2. The Morgan fingerprint density at radius 2 is 1.84 bits per heavy atom. The molecule has 0 atom stereocenters. The molecule has 0 saturated heterocycles. The first-order valence-corrected chi connectivity index (χ1v) is 7.03. The van der Waals surface area contributed by atoms with Gasteiger partial charge in [-0.05, 0) is 31.6 Å². The van der Waals surface area contributed by atoms with Crippen LogP contribution in [0.4, 0.5) is 0 Å². The van der Waals surface area contributed by atoms with Crippen molar-refractivity contribution in [2.45, 2.75) is 45.1 Å². The largest absolute Gasteiger partial charge is 0.481 e. The standard InChI is InChI=1S/C14H26O5/c1-11(2)9-18-7-8-19-10-14(17)5-3-12(4-6-14)13(15)16/h11-12,17H,3-10H2,1-2H3,(H,15,16). The van der Waals surface area contributed by atoms with Gasteiger partial charge in [0, 0.05) is 6.61 Å². The van der Waals surface area contributed by atoms with E-state index >= 15 is 0 Å². The van der Waals surface area contributed by atoms with E-state index in [1.165, 1.54) is 0 Å². The Labute approximate surface area is 114 Å². The molecule has 1 aliphatic carbocycles. The van der Waals surface area contributed by atoms with Gasteiger partial charge in [-0.2, -0.15) is 0 Å². The summed E-state index contributed by atoms with van der Waals surface area (Å²) in [5.74, 6) is -0.560. The van der Waals surface area contributed by atoms with Crippen molar-refractivity contribution in [1.29, 1.82) is 0 Å². The van der Waals surface area contributed by atoms with Crippen molar-refractivity contribution in [2.24, 2.45) is 11.8 Å². The van der Waals surface area contributed by atoms with E-state index in [-0.39, 0.29) is 12.5 Å². The summed E-state index contributed by atoms with van der Waals surface area (Å²) in [4.78, 5) is 10.8. The van der Waals surface area contributed by atoms with Crippen LogP contribution in [-0.4, -0.2) is 48.2 Å². The molecule has 0 amide bonds. The van der Waals surface area contributed by atoms with Gasteiger partial charge in [0.05, 0.1) is 31.3 Å². The predicted octanol–water partition coefficient (Wildman–Crippen LogP) is 1.68. The summed E-state index contributed by atoms with van der Waals surface area (Å²) in [6, 6.07) is 0. The highest BCUT2D eigenvalue weighted by Crippen LogP contribution is 2.32. The van der Waals surface area contributed by atoms with E-state index in [0.717, 1.165) is 0 Å². The Balaban J connectivity index is 2.10. The van der Waals surface area contributed by atoms with Crippen LogP contribution in [0.3, 0.4) is 0 Å². The summed E-state index contributed by atoms with van der Waals surface area (Å²) in [7, 11) is 0. The molecule has 0 aromatic heterocycles. The third-order valence-electron chi connectivity index (χ3n) is 3.46. The van der Waals surface area contributed by atoms with Crippen molar-refractivity contribution in [2.75, 3.05) is 26.4 Å². The van der Waals surface area contributed by atoms with Crippen molar-refractivity contribution in [3.05, 3.63) is 0 Å². The maximum atomic E-state index is 10.8. The molecule has 5 heteroatoms. The monoisotopic (exact) mass is 274 g/mol. The zero-order chi connectivity index (χ0) is 14.3. The topological polar surface area (TPSA) is 76.0 Å². The fourth-order valence-electron chi connectivity index (χ4n) is 2.25. The van der Waals surface area contributed by atoms with E-state index in [9.17, 15) is 9.90 Å². The van der Waals surface area contributed by atoms with Gasteiger partial charge in [0.2, 0.25) is 0 Å². The number of carboxylic acids is 1. The lowest BCUT2D eigenvalue weighted by molar-refractivity contribution is -0.146. The molecule has 0 aromatic carbocycles. The third kappa shape index (κ3) is 6.36. The first kappa shape index (κ1) is 16.4. The van der Waals surface area contributed by atoms with Gasteiger partial charge in [0.25, 0.3) is 0 Å². The average molecular weight is 274 g/mol. The zero-order valence-corrected chi connectivity index (χ0v) is 11.9. The normalized spacial score (nSPS) is 27.7. The molecule has 0 aromatic rings. The van der Waals surface area contributed by atoms with Crippen LogP contribution in [-0.2, 0) is 14.3 Å². The number of carboxylic acid groups (broad SMARTS) is 1. The smallest absolute Gasteiger partial charge is 0.306 e. The highest BCUT2D eigenvalue weighted by molar-refractivity contribution is 5.70. The first-order valence-electron chi connectivity index (χ1n) is 7.03. The molecule has 0 heterocycles. The minimum Gasteiger partial charge on any atom is -0.481 e. The fraction of sp³-hybridized carbons (Fsp3) is 0.929. The van der Waals surface area contributed by atoms with Gasteiger partial charge in [-0.3, -0.25) is 4.79 Å². The van der Waals surface area contributed by atoms with Gasteiger partial charge < -0.3 is 19.7 Å². The van der Waals surface area contributed by atoms with Gasteiger partial charge in [0.15, 0.2) is 0 Å². The molecule has 0 aliphatic heterocycles. The molecule has 1 fully saturated rings. The Hall–Kier alpha value is -0.650. The van der Waals surface area contributed by atoms with Crippen molar-refractivity contribution < 1.29 is 24.5 Å².